The van der Waals surface area contributed by atoms with Crippen LogP contribution < -0.4 is 5.32 Å². The third kappa shape index (κ3) is 4.53. The van der Waals surface area contributed by atoms with Gasteiger partial charge in [-0.05, 0) is 39.7 Å². The molecule has 0 amide bonds. The molecule has 0 atom stereocenters. The second-order valence-corrected chi connectivity index (χ2v) is 6.81. The van der Waals surface area contributed by atoms with Crippen LogP contribution in [-0.4, -0.2) is 30.1 Å². The van der Waals surface area contributed by atoms with Crippen molar-refractivity contribution in [2.75, 3.05) is 13.2 Å². The van der Waals surface area contributed by atoms with Gasteiger partial charge >= 0.3 is 11.9 Å². The third-order valence-electron chi connectivity index (χ3n) is 4.92. The topological polar surface area (TPSA) is 108 Å². The van der Waals surface area contributed by atoms with Gasteiger partial charge in [0.2, 0.25) is 0 Å². The lowest BCUT2D eigenvalue weighted by molar-refractivity contribution is -0.385. The normalized spacial score (nSPS) is 14.4. The van der Waals surface area contributed by atoms with Crippen molar-refractivity contribution >= 4 is 17.6 Å². The molecule has 0 saturated carbocycles. The van der Waals surface area contributed by atoms with Gasteiger partial charge in [0.1, 0.15) is 0 Å². The van der Waals surface area contributed by atoms with Crippen molar-refractivity contribution in [2.45, 2.75) is 53.4 Å². The largest absolute Gasteiger partial charge is 0.463 e. The highest BCUT2D eigenvalue weighted by Gasteiger charge is 2.41. The molecule has 0 bridgehead atoms. The Balaban J connectivity index is 2.90. The van der Waals surface area contributed by atoms with Crippen LogP contribution in [0.4, 0.5) is 5.69 Å². The van der Waals surface area contributed by atoms with Gasteiger partial charge < -0.3 is 14.8 Å². The number of dihydropyridines is 1. The molecule has 0 radical (unpaired) electrons. The average Bonchev–Trinajstić information content (AvgIpc) is 2.71. The minimum absolute atomic E-state index is 0.140. The SMILES string of the molecule is CCOC(=O)C1=C(CC)NC(CC)=C(C(=O)OCC)C1c1cc(C)ccc1[N+](=O)[O-]. The standard InChI is InChI=1S/C22H28N2O6/c1-6-15-19(21(25)29-8-3)18(14-12-13(5)10-11-17(14)24(27)28)20(16(7-2)23-15)22(26)30-9-4/h10-12,18,23H,6-9H2,1-5H3. The smallest absolute Gasteiger partial charge is 0.336 e. The first-order chi connectivity index (χ1) is 14.3. The molecule has 8 nitrogen and oxygen atoms in total. The van der Waals surface area contributed by atoms with Gasteiger partial charge in [0.05, 0.1) is 35.2 Å². The van der Waals surface area contributed by atoms with E-state index in [0.29, 0.717) is 24.2 Å². The number of carbonyl (C=O) groups excluding carboxylic acids is 2. The molecule has 0 aliphatic carbocycles. The van der Waals surface area contributed by atoms with E-state index in [4.69, 9.17) is 9.47 Å². The Hall–Kier alpha value is -3.16. The van der Waals surface area contributed by atoms with Crippen LogP contribution in [0.25, 0.3) is 0 Å². The third-order valence-corrected chi connectivity index (χ3v) is 4.92. The van der Waals surface area contributed by atoms with Gasteiger partial charge in [0.25, 0.3) is 5.69 Å². The van der Waals surface area contributed by atoms with Crippen molar-refractivity contribution in [1.82, 2.24) is 5.32 Å². The molecular weight excluding hydrogens is 388 g/mol. The van der Waals surface area contributed by atoms with E-state index in [1.165, 1.54) is 6.07 Å². The highest BCUT2D eigenvalue weighted by Crippen LogP contribution is 2.44. The van der Waals surface area contributed by atoms with Gasteiger partial charge in [0.15, 0.2) is 0 Å². The zero-order valence-corrected chi connectivity index (χ0v) is 18.0. The quantitative estimate of drug-likeness (QED) is 0.387. The minimum atomic E-state index is -0.963. The lowest BCUT2D eigenvalue weighted by Crippen LogP contribution is -2.34. The Kier molecular flexibility index (Phi) is 7.74. The second-order valence-electron chi connectivity index (χ2n) is 6.81. The zero-order valence-electron chi connectivity index (χ0n) is 18.0. The van der Waals surface area contributed by atoms with E-state index in [2.05, 4.69) is 5.32 Å². The summed E-state index contributed by atoms with van der Waals surface area (Å²) in [7, 11) is 0. The summed E-state index contributed by atoms with van der Waals surface area (Å²) in [5, 5.41) is 15.0. The van der Waals surface area contributed by atoms with E-state index in [1.807, 2.05) is 13.8 Å². The molecule has 1 N–H and O–H groups in total. The van der Waals surface area contributed by atoms with Gasteiger partial charge in [0, 0.05) is 23.0 Å². The highest BCUT2D eigenvalue weighted by atomic mass is 16.6. The number of nitrogens with zero attached hydrogens (tertiary/aromatic N) is 1. The maximum atomic E-state index is 13.0. The number of ether oxygens (including phenoxy) is 2. The Bertz CT molecular complexity index is 874. The second kappa shape index (κ2) is 10.0. The number of nitro groups is 1. The number of allylic oxidation sites excluding steroid dienone is 2. The molecule has 0 fully saturated rings. The fourth-order valence-corrected chi connectivity index (χ4v) is 3.65. The van der Waals surface area contributed by atoms with Gasteiger partial charge in [-0.25, -0.2) is 9.59 Å². The molecule has 0 unspecified atom stereocenters. The molecule has 8 heteroatoms. The van der Waals surface area contributed by atoms with Gasteiger partial charge in [-0.3, -0.25) is 10.1 Å². The van der Waals surface area contributed by atoms with Gasteiger partial charge in [-0.15, -0.1) is 0 Å². The highest BCUT2D eigenvalue weighted by molar-refractivity contribution is 6.00. The maximum absolute atomic E-state index is 13.0. The van der Waals surface area contributed by atoms with Crippen molar-refractivity contribution in [1.29, 1.82) is 0 Å². The number of carbonyl (C=O) groups is 2. The Morgan fingerprint density at radius 1 is 1.00 bits per heavy atom. The molecule has 2 rings (SSSR count). The van der Waals surface area contributed by atoms with Gasteiger partial charge in [-0.1, -0.05) is 25.5 Å². The number of rotatable bonds is 8. The summed E-state index contributed by atoms with van der Waals surface area (Å²) in [4.78, 5) is 37.3. The van der Waals surface area contributed by atoms with Crippen LogP contribution in [0.5, 0.6) is 0 Å². The van der Waals surface area contributed by atoms with Crippen LogP contribution in [0.3, 0.4) is 0 Å². The number of nitro benzene ring substituents is 1. The maximum Gasteiger partial charge on any atom is 0.336 e. The van der Waals surface area contributed by atoms with Gasteiger partial charge in [-0.2, -0.15) is 0 Å². The number of hydrogen-bond donors (Lipinski definition) is 1. The van der Waals surface area contributed by atoms with Crippen LogP contribution in [0.15, 0.2) is 40.7 Å². The average molecular weight is 416 g/mol. The molecule has 162 valence electrons. The molecule has 30 heavy (non-hydrogen) atoms. The lowest BCUT2D eigenvalue weighted by atomic mass is 9.78. The molecule has 1 aromatic carbocycles. The Morgan fingerprint density at radius 2 is 1.50 bits per heavy atom. The predicted molar refractivity (Wildman–Crippen MR) is 112 cm³/mol. The predicted octanol–water partition coefficient (Wildman–Crippen LogP) is 4.04. The Labute approximate surface area is 176 Å². The van der Waals surface area contributed by atoms with E-state index in [1.54, 1.807) is 32.9 Å². The number of aryl methyl sites for hydroxylation is 1. The first kappa shape index (κ1) is 23.1. The summed E-state index contributed by atoms with van der Waals surface area (Å²) in [5.74, 6) is -2.19. The van der Waals surface area contributed by atoms with Crippen LogP contribution >= 0.6 is 0 Å². The van der Waals surface area contributed by atoms with Crippen LogP contribution in [0.2, 0.25) is 0 Å². The molecule has 1 aliphatic heterocycles. The molecule has 0 saturated heterocycles. The van der Waals surface area contributed by atoms with Crippen molar-refractivity contribution in [3.05, 3.63) is 62.0 Å². The summed E-state index contributed by atoms with van der Waals surface area (Å²) in [6.45, 7) is 9.19. The van der Waals surface area contributed by atoms with E-state index >= 15 is 0 Å². The number of benzene rings is 1. The fraction of sp³-hybridized carbons (Fsp3) is 0.455. The van der Waals surface area contributed by atoms with E-state index < -0.39 is 22.8 Å². The lowest BCUT2D eigenvalue weighted by Gasteiger charge is -2.32. The first-order valence-electron chi connectivity index (χ1n) is 10.1. The molecule has 1 heterocycles. The number of hydrogen-bond acceptors (Lipinski definition) is 7. The van der Waals surface area contributed by atoms with Crippen LogP contribution in [0.1, 0.15) is 57.6 Å². The fourth-order valence-electron chi connectivity index (χ4n) is 3.65. The van der Waals surface area contributed by atoms with E-state index in [9.17, 15) is 19.7 Å². The number of nitrogens with one attached hydrogen (secondary N) is 1. The molecule has 0 aromatic heterocycles. The summed E-state index contributed by atoms with van der Waals surface area (Å²) < 4.78 is 10.5. The van der Waals surface area contributed by atoms with Crippen molar-refractivity contribution in [3.63, 3.8) is 0 Å². The zero-order chi connectivity index (χ0) is 22.4. The summed E-state index contributed by atoms with van der Waals surface area (Å²) in [6.07, 6.45) is 0.924. The summed E-state index contributed by atoms with van der Waals surface area (Å²) in [5.41, 5.74) is 2.45. The first-order valence-corrected chi connectivity index (χ1v) is 10.1. The summed E-state index contributed by atoms with van der Waals surface area (Å²) >= 11 is 0. The van der Waals surface area contributed by atoms with E-state index in [0.717, 1.165) is 5.56 Å². The molecule has 1 aromatic rings. The molecular formula is C22H28N2O6. The van der Waals surface area contributed by atoms with Crippen LogP contribution in [-0.2, 0) is 19.1 Å². The number of esters is 2. The molecule has 0 spiro atoms. The monoisotopic (exact) mass is 416 g/mol. The van der Waals surface area contributed by atoms with Crippen molar-refractivity contribution in [2.24, 2.45) is 0 Å². The Morgan fingerprint density at radius 3 is 1.90 bits per heavy atom. The van der Waals surface area contributed by atoms with Crippen LogP contribution in [0, 0.1) is 17.0 Å². The minimum Gasteiger partial charge on any atom is -0.463 e. The molecule has 1 aliphatic rings. The van der Waals surface area contributed by atoms with Crippen molar-refractivity contribution < 1.29 is 24.0 Å². The summed E-state index contributed by atoms with van der Waals surface area (Å²) in [6, 6.07) is 4.67. The van der Waals surface area contributed by atoms with E-state index in [-0.39, 0.29) is 35.6 Å². The van der Waals surface area contributed by atoms with Crippen molar-refractivity contribution in [3.8, 4) is 0 Å².